The maximum Gasteiger partial charge on any atom is 0.269 e. The smallest absolute Gasteiger partial charge is 0.269 e. The molecule has 0 radical (unpaired) electrons. The number of hydrogen-bond donors (Lipinski definition) is 1. The molecular weight excluding hydrogens is 318 g/mol. The molecule has 0 aliphatic carbocycles. The number of carbonyl (C=O) groups is 1. The first-order chi connectivity index (χ1) is 11.5. The van der Waals surface area contributed by atoms with Crippen LogP contribution in [-0.2, 0) is 4.79 Å². The predicted octanol–water partition coefficient (Wildman–Crippen LogP) is 4.02. The Morgan fingerprint density at radius 3 is 2.32 bits per heavy atom. The number of hydrogen-bond acceptors (Lipinski definition) is 4. The van der Waals surface area contributed by atoms with Crippen LogP contribution in [-0.4, -0.2) is 10.8 Å². The van der Waals surface area contributed by atoms with Gasteiger partial charge in [-0.3, -0.25) is 14.9 Å². The molecule has 1 N–H and O–H groups in total. The highest BCUT2D eigenvalue weighted by molar-refractivity contribution is 6.01. The van der Waals surface area contributed by atoms with Gasteiger partial charge in [0.25, 0.3) is 11.6 Å². The Hall–Kier alpha value is -3.46. The van der Waals surface area contributed by atoms with Crippen molar-refractivity contribution in [2.45, 2.75) is 20.4 Å². The second-order valence-corrected chi connectivity index (χ2v) is 5.12. The number of nitrogens with one attached hydrogen (secondary N) is 1. The Morgan fingerprint density at radius 1 is 1.20 bits per heavy atom. The Bertz CT molecular complexity index is 806. The van der Waals surface area contributed by atoms with Gasteiger partial charge in [0, 0.05) is 12.1 Å². The van der Waals surface area contributed by atoms with Crippen LogP contribution in [0.25, 0.3) is 6.08 Å². The van der Waals surface area contributed by atoms with E-state index in [1.54, 1.807) is 0 Å². The number of nitro benzene ring substituents is 1. The quantitative estimate of drug-likeness (QED) is 0.386. The zero-order valence-corrected chi connectivity index (χ0v) is 13.0. The van der Waals surface area contributed by atoms with E-state index in [1.807, 2.05) is 43.3 Å². The summed E-state index contributed by atoms with van der Waals surface area (Å²) in [5.41, 5.74) is 1.36. The van der Waals surface area contributed by atoms with E-state index in [2.05, 4.69) is 5.32 Å². The van der Waals surface area contributed by atoms with Gasteiger partial charge < -0.3 is 5.32 Å². The highest BCUT2D eigenvalue weighted by atomic mass is 16.6. The first-order valence-electron chi connectivity index (χ1n) is 7.23. The number of amides is 1. The maximum absolute atomic E-state index is 12.2. The molecule has 0 fully saturated rings. The minimum atomic E-state index is -0.507. The summed E-state index contributed by atoms with van der Waals surface area (Å²) in [6.07, 6.45) is 1.40. The third-order valence-electron chi connectivity index (χ3n) is 3.43. The number of nitro groups is 1. The average molecular weight is 337 g/mol. The normalized spacial score (nSPS) is 11.6. The molecular formula is C19H19N3O3. The van der Waals surface area contributed by atoms with Crippen LogP contribution in [0.2, 0.25) is 0 Å². The van der Waals surface area contributed by atoms with Crippen LogP contribution in [0.1, 0.15) is 31.5 Å². The molecule has 2 aromatic carbocycles. The largest absolute Gasteiger partial charge is 0.345 e. The lowest BCUT2D eigenvalue weighted by Gasteiger charge is -2.13. The van der Waals surface area contributed by atoms with Gasteiger partial charge in [-0.25, -0.2) is 0 Å². The molecule has 2 aromatic rings. The minimum Gasteiger partial charge on any atom is -0.345 e. The Labute approximate surface area is 146 Å². The van der Waals surface area contributed by atoms with Crippen molar-refractivity contribution in [3.8, 4) is 6.07 Å². The molecule has 0 unspecified atom stereocenters. The fraction of sp³-hybridized carbons (Fsp3) is 0.158. The molecule has 0 heterocycles. The number of non-ortho nitro benzene ring substituents is 1. The highest BCUT2D eigenvalue weighted by Gasteiger charge is 2.14. The topological polar surface area (TPSA) is 96.0 Å². The van der Waals surface area contributed by atoms with Crippen molar-refractivity contribution in [3.05, 3.63) is 81.4 Å². The lowest BCUT2D eigenvalue weighted by atomic mass is 10.1. The van der Waals surface area contributed by atoms with Gasteiger partial charge in [-0.05, 0) is 36.3 Å². The third-order valence-corrected chi connectivity index (χ3v) is 3.43. The fourth-order valence-corrected chi connectivity index (χ4v) is 2.11. The molecule has 25 heavy (non-hydrogen) atoms. The number of rotatable bonds is 5. The molecule has 128 valence electrons. The van der Waals surface area contributed by atoms with E-state index in [9.17, 15) is 20.2 Å². The monoisotopic (exact) mass is 337 g/mol. The molecule has 2 rings (SSSR count). The van der Waals surface area contributed by atoms with Crippen LogP contribution in [0.4, 0.5) is 5.69 Å². The van der Waals surface area contributed by atoms with E-state index in [1.165, 1.54) is 30.3 Å². The summed E-state index contributed by atoms with van der Waals surface area (Å²) in [6.45, 7) is 1.83. The van der Waals surface area contributed by atoms with Crippen LogP contribution >= 0.6 is 0 Å². The standard InChI is InChI=1S/C18H15N3O3.CH4/c1-13(15-5-3-2-4-6-15)20-18(22)16(12-19)11-14-7-9-17(10-8-14)21(23)24;/h2-11,13H,1H3,(H,20,22);1H4/b16-11+;/t13-;/m1./s1. The molecule has 1 amide bonds. The first kappa shape index (κ1) is 19.6. The van der Waals surface area contributed by atoms with Crippen molar-refractivity contribution in [2.75, 3.05) is 0 Å². The summed E-state index contributed by atoms with van der Waals surface area (Å²) in [5, 5.41) is 22.6. The lowest BCUT2D eigenvalue weighted by molar-refractivity contribution is -0.384. The van der Waals surface area contributed by atoms with Gasteiger partial charge in [0.1, 0.15) is 11.6 Å². The van der Waals surface area contributed by atoms with Crippen molar-refractivity contribution in [3.63, 3.8) is 0 Å². The second kappa shape index (κ2) is 8.99. The Balaban J connectivity index is 0.00000312. The van der Waals surface area contributed by atoms with Gasteiger partial charge in [0.15, 0.2) is 0 Å². The summed E-state index contributed by atoms with van der Waals surface area (Å²) < 4.78 is 0. The lowest BCUT2D eigenvalue weighted by Crippen LogP contribution is -2.27. The van der Waals surface area contributed by atoms with Gasteiger partial charge in [0.2, 0.25) is 0 Å². The third kappa shape index (κ3) is 5.29. The van der Waals surface area contributed by atoms with Crippen molar-refractivity contribution in [1.29, 1.82) is 5.26 Å². The number of nitrogens with zero attached hydrogens (tertiary/aromatic N) is 2. The molecule has 0 aliphatic heterocycles. The average Bonchev–Trinajstić information content (AvgIpc) is 2.60. The molecule has 0 saturated carbocycles. The van der Waals surface area contributed by atoms with Gasteiger partial charge in [-0.2, -0.15) is 5.26 Å². The molecule has 1 atom stereocenters. The number of benzene rings is 2. The van der Waals surface area contributed by atoms with Crippen LogP contribution in [0.15, 0.2) is 60.2 Å². The second-order valence-electron chi connectivity index (χ2n) is 5.12. The van der Waals surface area contributed by atoms with Crippen molar-refractivity contribution < 1.29 is 9.72 Å². The van der Waals surface area contributed by atoms with Gasteiger partial charge >= 0.3 is 0 Å². The van der Waals surface area contributed by atoms with Crippen molar-refractivity contribution >= 4 is 17.7 Å². The maximum atomic E-state index is 12.2. The van der Waals surface area contributed by atoms with Gasteiger partial charge in [-0.1, -0.05) is 37.8 Å². The van der Waals surface area contributed by atoms with Crippen LogP contribution in [0, 0.1) is 21.4 Å². The van der Waals surface area contributed by atoms with Gasteiger partial charge in [-0.15, -0.1) is 0 Å². The van der Waals surface area contributed by atoms with Crippen molar-refractivity contribution in [1.82, 2.24) is 5.32 Å². The van der Waals surface area contributed by atoms with Crippen LogP contribution < -0.4 is 5.32 Å². The Morgan fingerprint density at radius 2 is 1.80 bits per heavy atom. The molecule has 6 heteroatoms. The van der Waals surface area contributed by atoms with E-state index in [0.29, 0.717) is 5.56 Å². The molecule has 0 saturated heterocycles. The summed E-state index contributed by atoms with van der Waals surface area (Å²) >= 11 is 0. The zero-order valence-electron chi connectivity index (χ0n) is 13.0. The van der Waals surface area contributed by atoms with Crippen LogP contribution in [0.5, 0.6) is 0 Å². The molecule has 0 aliphatic rings. The zero-order chi connectivity index (χ0) is 17.5. The minimum absolute atomic E-state index is 0. The van der Waals surface area contributed by atoms with E-state index >= 15 is 0 Å². The fourth-order valence-electron chi connectivity index (χ4n) is 2.11. The van der Waals surface area contributed by atoms with E-state index in [-0.39, 0.29) is 24.7 Å². The summed E-state index contributed by atoms with van der Waals surface area (Å²) in [5.74, 6) is -0.493. The molecule has 0 bridgehead atoms. The van der Waals surface area contributed by atoms with E-state index in [0.717, 1.165) is 5.56 Å². The van der Waals surface area contributed by atoms with Gasteiger partial charge in [0.05, 0.1) is 11.0 Å². The SMILES string of the molecule is C.C[C@@H](NC(=O)/C(C#N)=C/c1ccc([N+](=O)[O-])cc1)c1ccccc1. The highest BCUT2D eigenvalue weighted by Crippen LogP contribution is 2.16. The van der Waals surface area contributed by atoms with E-state index in [4.69, 9.17) is 0 Å². The first-order valence-corrected chi connectivity index (χ1v) is 7.23. The van der Waals surface area contributed by atoms with Crippen molar-refractivity contribution in [2.24, 2.45) is 0 Å². The summed E-state index contributed by atoms with van der Waals surface area (Å²) in [7, 11) is 0. The number of carbonyl (C=O) groups excluding carboxylic acids is 1. The molecule has 0 spiro atoms. The molecule has 6 nitrogen and oxygen atoms in total. The number of nitriles is 1. The Kier molecular flexibility index (Phi) is 7.04. The van der Waals surface area contributed by atoms with E-state index < -0.39 is 10.8 Å². The summed E-state index contributed by atoms with van der Waals surface area (Å²) in [6, 6.07) is 16.6. The summed E-state index contributed by atoms with van der Waals surface area (Å²) in [4.78, 5) is 22.3. The van der Waals surface area contributed by atoms with Crippen LogP contribution in [0.3, 0.4) is 0 Å². The predicted molar refractivity (Wildman–Crippen MR) is 96.4 cm³/mol. The molecule has 0 aromatic heterocycles.